The summed E-state index contributed by atoms with van der Waals surface area (Å²) < 4.78 is 5.11. The highest BCUT2D eigenvalue weighted by molar-refractivity contribution is 5.90. The van der Waals surface area contributed by atoms with Gasteiger partial charge in [0.05, 0.1) is 5.56 Å². The molecule has 4 nitrogen and oxygen atoms in total. The van der Waals surface area contributed by atoms with Crippen molar-refractivity contribution in [2.24, 2.45) is 5.92 Å². The van der Waals surface area contributed by atoms with Crippen LogP contribution in [0.25, 0.3) is 0 Å². The second kappa shape index (κ2) is 8.78. The quantitative estimate of drug-likeness (QED) is 0.473. The summed E-state index contributed by atoms with van der Waals surface area (Å²) in [4.78, 5) is 11.6. The molecule has 1 rings (SSSR count). The van der Waals surface area contributed by atoms with Gasteiger partial charge in [0.1, 0.15) is 6.61 Å². The molecule has 3 N–H and O–H groups in total. The van der Waals surface area contributed by atoms with Gasteiger partial charge in [0, 0.05) is 12.2 Å². The summed E-state index contributed by atoms with van der Waals surface area (Å²) in [5.74, 6) is 0.267. The highest BCUT2D eigenvalue weighted by Crippen LogP contribution is 2.07. The number of halogens is 1. The first-order chi connectivity index (χ1) is 8.09. The smallest absolute Gasteiger partial charge is 0.338 e. The minimum atomic E-state index is -0.330. The zero-order valence-electron chi connectivity index (χ0n) is 10.8. The van der Waals surface area contributed by atoms with Crippen molar-refractivity contribution >= 4 is 24.1 Å². The minimum Gasteiger partial charge on any atom is -0.461 e. The zero-order chi connectivity index (χ0) is 12.7. The van der Waals surface area contributed by atoms with E-state index in [0.29, 0.717) is 30.3 Å². The zero-order valence-corrected chi connectivity index (χ0v) is 11.6. The minimum absolute atomic E-state index is 0. The van der Waals surface area contributed by atoms with Crippen LogP contribution >= 0.6 is 12.4 Å². The van der Waals surface area contributed by atoms with Crippen molar-refractivity contribution < 1.29 is 9.53 Å². The van der Waals surface area contributed by atoms with Crippen molar-refractivity contribution in [3.05, 3.63) is 29.8 Å². The molecule has 0 saturated carbocycles. The Bertz CT molecular complexity index is 370. The molecule has 0 saturated heterocycles. The van der Waals surface area contributed by atoms with Gasteiger partial charge in [0.2, 0.25) is 0 Å². The van der Waals surface area contributed by atoms with Crippen LogP contribution in [0.4, 0.5) is 5.69 Å². The van der Waals surface area contributed by atoms with Gasteiger partial charge in [-0.25, -0.2) is 4.79 Å². The number of esters is 1. The monoisotopic (exact) mass is 272 g/mol. The van der Waals surface area contributed by atoms with E-state index in [4.69, 9.17) is 10.5 Å². The molecule has 0 unspecified atom stereocenters. The van der Waals surface area contributed by atoms with E-state index in [2.05, 4.69) is 19.2 Å². The third-order valence-electron chi connectivity index (χ3n) is 2.19. The van der Waals surface area contributed by atoms with Gasteiger partial charge in [-0.15, -0.1) is 12.4 Å². The predicted molar refractivity (Wildman–Crippen MR) is 76.1 cm³/mol. The first-order valence-electron chi connectivity index (χ1n) is 5.83. The summed E-state index contributed by atoms with van der Waals surface area (Å²) in [6.07, 6.45) is 0. The molecular weight excluding hydrogens is 252 g/mol. The molecule has 1 aromatic carbocycles. The largest absolute Gasteiger partial charge is 0.461 e. The van der Waals surface area contributed by atoms with Crippen LogP contribution in [0, 0.1) is 5.92 Å². The van der Waals surface area contributed by atoms with E-state index in [-0.39, 0.29) is 18.4 Å². The molecule has 102 valence electrons. The van der Waals surface area contributed by atoms with Crippen LogP contribution in [0.5, 0.6) is 0 Å². The van der Waals surface area contributed by atoms with Gasteiger partial charge in [-0.1, -0.05) is 19.9 Å². The van der Waals surface area contributed by atoms with Gasteiger partial charge in [-0.3, -0.25) is 0 Å². The lowest BCUT2D eigenvalue weighted by atomic mass is 10.2. The second-order valence-electron chi connectivity index (χ2n) is 4.36. The molecular formula is C13H21ClN2O2. The average Bonchev–Trinajstić information content (AvgIpc) is 2.28. The van der Waals surface area contributed by atoms with Crippen LogP contribution in [0.15, 0.2) is 24.3 Å². The molecule has 0 heterocycles. The highest BCUT2D eigenvalue weighted by atomic mass is 35.5. The highest BCUT2D eigenvalue weighted by Gasteiger charge is 2.06. The van der Waals surface area contributed by atoms with Gasteiger partial charge in [0.25, 0.3) is 0 Å². The predicted octanol–water partition coefficient (Wildman–Crippen LogP) is 2.09. The van der Waals surface area contributed by atoms with E-state index in [0.717, 1.165) is 6.54 Å². The Morgan fingerprint density at radius 2 is 2.17 bits per heavy atom. The number of benzene rings is 1. The van der Waals surface area contributed by atoms with Crippen molar-refractivity contribution in [1.82, 2.24) is 5.32 Å². The fourth-order valence-corrected chi connectivity index (χ4v) is 1.36. The summed E-state index contributed by atoms with van der Waals surface area (Å²) >= 11 is 0. The van der Waals surface area contributed by atoms with Crippen molar-refractivity contribution in [2.75, 3.05) is 25.4 Å². The third kappa shape index (κ3) is 6.47. The average molecular weight is 273 g/mol. The normalized spacial score (nSPS) is 9.94. The summed E-state index contributed by atoms with van der Waals surface area (Å²) in [6, 6.07) is 6.79. The Balaban J connectivity index is 0.00000289. The molecule has 0 aliphatic carbocycles. The Labute approximate surface area is 114 Å². The van der Waals surface area contributed by atoms with Crippen LogP contribution in [0.1, 0.15) is 24.2 Å². The van der Waals surface area contributed by atoms with E-state index in [1.165, 1.54) is 0 Å². The Morgan fingerprint density at radius 1 is 1.44 bits per heavy atom. The second-order valence-corrected chi connectivity index (χ2v) is 4.36. The molecule has 0 aliphatic heterocycles. The Kier molecular flexibility index (Phi) is 8.16. The van der Waals surface area contributed by atoms with Gasteiger partial charge >= 0.3 is 5.97 Å². The number of anilines is 1. The maximum absolute atomic E-state index is 11.6. The van der Waals surface area contributed by atoms with Crippen molar-refractivity contribution in [2.45, 2.75) is 13.8 Å². The first kappa shape index (κ1) is 16.7. The molecule has 0 aliphatic rings. The fraction of sp³-hybridized carbons (Fsp3) is 0.462. The number of ether oxygens (including phenoxy) is 1. The van der Waals surface area contributed by atoms with Crippen molar-refractivity contribution in [3.63, 3.8) is 0 Å². The summed E-state index contributed by atoms with van der Waals surface area (Å²) in [7, 11) is 0. The van der Waals surface area contributed by atoms with E-state index in [1.54, 1.807) is 24.3 Å². The van der Waals surface area contributed by atoms with Crippen LogP contribution in [0.2, 0.25) is 0 Å². The van der Waals surface area contributed by atoms with Crippen molar-refractivity contribution in [3.8, 4) is 0 Å². The fourth-order valence-electron chi connectivity index (χ4n) is 1.36. The maximum Gasteiger partial charge on any atom is 0.338 e. The Morgan fingerprint density at radius 3 is 2.78 bits per heavy atom. The van der Waals surface area contributed by atoms with E-state index >= 15 is 0 Å². The molecule has 0 spiro atoms. The van der Waals surface area contributed by atoms with E-state index in [9.17, 15) is 4.79 Å². The number of hydrogen-bond donors (Lipinski definition) is 2. The SMILES string of the molecule is CC(C)CNCCOC(=O)c1cccc(N)c1.Cl. The molecule has 0 aromatic heterocycles. The van der Waals surface area contributed by atoms with Crippen LogP contribution < -0.4 is 11.1 Å². The first-order valence-corrected chi connectivity index (χ1v) is 5.83. The maximum atomic E-state index is 11.6. The third-order valence-corrected chi connectivity index (χ3v) is 2.19. The number of rotatable bonds is 6. The van der Waals surface area contributed by atoms with Crippen LogP contribution in [0.3, 0.4) is 0 Å². The van der Waals surface area contributed by atoms with E-state index in [1.807, 2.05) is 0 Å². The number of hydrogen-bond acceptors (Lipinski definition) is 4. The lowest BCUT2D eigenvalue weighted by Gasteiger charge is -2.08. The van der Waals surface area contributed by atoms with E-state index < -0.39 is 0 Å². The lowest BCUT2D eigenvalue weighted by molar-refractivity contribution is 0.0508. The summed E-state index contributed by atoms with van der Waals surface area (Å²) in [6.45, 7) is 6.24. The molecule has 0 radical (unpaired) electrons. The number of carbonyl (C=O) groups is 1. The molecule has 0 fully saturated rings. The standard InChI is InChI=1S/C13H20N2O2.ClH/c1-10(2)9-15-6-7-17-13(16)11-4-3-5-12(14)8-11;/h3-5,8,10,15H,6-7,9,14H2,1-2H3;1H. The molecule has 0 atom stereocenters. The topological polar surface area (TPSA) is 64.3 Å². The number of nitrogens with two attached hydrogens (primary N) is 1. The molecule has 0 bridgehead atoms. The van der Waals surface area contributed by atoms with Crippen LogP contribution in [-0.2, 0) is 4.74 Å². The summed E-state index contributed by atoms with van der Waals surface area (Å²) in [5, 5.41) is 3.20. The van der Waals surface area contributed by atoms with Crippen molar-refractivity contribution in [1.29, 1.82) is 0 Å². The number of nitrogens with one attached hydrogen (secondary N) is 1. The van der Waals surface area contributed by atoms with Crippen LogP contribution in [-0.4, -0.2) is 25.7 Å². The molecule has 5 heteroatoms. The lowest BCUT2D eigenvalue weighted by Crippen LogP contribution is -2.25. The summed E-state index contributed by atoms with van der Waals surface area (Å²) in [5.41, 5.74) is 6.65. The van der Waals surface area contributed by atoms with Gasteiger partial charge in [-0.05, 0) is 30.7 Å². The van der Waals surface area contributed by atoms with Gasteiger partial charge < -0.3 is 15.8 Å². The molecule has 1 aromatic rings. The molecule has 18 heavy (non-hydrogen) atoms. The number of nitrogen functional groups attached to an aromatic ring is 1. The van der Waals surface area contributed by atoms with Gasteiger partial charge in [0.15, 0.2) is 0 Å². The molecule has 0 amide bonds. The number of carbonyl (C=O) groups excluding carboxylic acids is 1. The van der Waals surface area contributed by atoms with Gasteiger partial charge in [-0.2, -0.15) is 0 Å². The Hall–Kier alpha value is -1.26.